The van der Waals surface area contributed by atoms with Crippen molar-refractivity contribution in [2.24, 2.45) is 0 Å². The van der Waals surface area contributed by atoms with E-state index in [2.05, 4.69) is 6.58 Å². The Morgan fingerprint density at radius 2 is 1.88 bits per heavy atom. The highest BCUT2D eigenvalue weighted by atomic mass is 19.1. The lowest BCUT2D eigenvalue weighted by molar-refractivity contribution is 0.0768. The Balaban J connectivity index is 3.06. The Morgan fingerprint density at radius 1 is 1.35 bits per heavy atom. The van der Waals surface area contributed by atoms with Crippen molar-refractivity contribution in [3.63, 3.8) is 0 Å². The molecule has 0 heterocycles. The Morgan fingerprint density at radius 3 is 2.29 bits per heavy atom. The second kappa shape index (κ2) is 5.57. The van der Waals surface area contributed by atoms with Crippen LogP contribution in [0.2, 0.25) is 0 Å². The van der Waals surface area contributed by atoms with E-state index in [9.17, 15) is 13.6 Å². The van der Waals surface area contributed by atoms with Gasteiger partial charge in [0.25, 0.3) is 5.91 Å². The van der Waals surface area contributed by atoms with Gasteiger partial charge in [-0.25, -0.2) is 8.78 Å². The van der Waals surface area contributed by atoms with Gasteiger partial charge in [-0.2, -0.15) is 0 Å². The lowest BCUT2D eigenvalue weighted by Gasteiger charge is -2.21. The monoisotopic (exact) mass is 239 g/mol. The molecule has 1 aromatic rings. The summed E-state index contributed by atoms with van der Waals surface area (Å²) in [5.41, 5.74) is 0.257. The number of hydrogen-bond donors (Lipinski definition) is 0. The Bertz CT molecular complexity index is 423. The van der Waals surface area contributed by atoms with Crippen LogP contribution in [0.4, 0.5) is 8.78 Å². The molecule has 4 heteroatoms. The first-order chi connectivity index (χ1) is 7.97. The second-order valence-electron chi connectivity index (χ2n) is 3.87. The van der Waals surface area contributed by atoms with E-state index in [1.807, 2.05) is 0 Å². The summed E-state index contributed by atoms with van der Waals surface area (Å²) >= 11 is 0. The van der Waals surface area contributed by atoms with Gasteiger partial charge in [0.1, 0.15) is 17.2 Å². The number of nitrogens with zero attached hydrogens (tertiary/aromatic N) is 1. The molecule has 92 valence electrons. The maximum atomic E-state index is 13.4. The minimum Gasteiger partial charge on any atom is -0.335 e. The summed E-state index contributed by atoms with van der Waals surface area (Å²) in [6.45, 7) is 7.86. The number of carbonyl (C=O) groups excluding carboxylic acids is 1. The maximum absolute atomic E-state index is 13.4. The number of hydrogen-bond acceptors (Lipinski definition) is 1. The van der Waals surface area contributed by atoms with Crippen molar-refractivity contribution >= 4 is 5.91 Å². The zero-order valence-electron chi connectivity index (χ0n) is 9.96. The van der Waals surface area contributed by atoms with Gasteiger partial charge in [0, 0.05) is 13.1 Å². The summed E-state index contributed by atoms with van der Waals surface area (Å²) in [6, 6.07) is 3.38. The van der Waals surface area contributed by atoms with E-state index in [1.54, 1.807) is 13.8 Å². The van der Waals surface area contributed by atoms with Crippen LogP contribution in [0, 0.1) is 11.6 Å². The molecule has 1 rings (SSSR count). The van der Waals surface area contributed by atoms with Crippen LogP contribution in [0.1, 0.15) is 24.2 Å². The molecule has 0 aliphatic rings. The standard InChI is InChI=1S/C13H15F2NO/c1-4-16(8-9(2)3)13(17)12-10(14)6-5-7-11(12)15/h5-7H,2,4,8H2,1,3H3. The first kappa shape index (κ1) is 13.4. The van der Waals surface area contributed by atoms with Gasteiger partial charge in [0.15, 0.2) is 0 Å². The predicted octanol–water partition coefficient (Wildman–Crippen LogP) is 3.00. The Labute approximate surface area is 99.5 Å². The summed E-state index contributed by atoms with van der Waals surface area (Å²) in [4.78, 5) is 13.3. The third-order valence-electron chi connectivity index (χ3n) is 2.31. The largest absolute Gasteiger partial charge is 0.335 e. The normalized spacial score (nSPS) is 10.1. The molecule has 0 saturated heterocycles. The van der Waals surface area contributed by atoms with Gasteiger partial charge in [0.05, 0.1) is 0 Å². The van der Waals surface area contributed by atoms with E-state index in [1.165, 1.54) is 11.0 Å². The highest BCUT2D eigenvalue weighted by Crippen LogP contribution is 2.15. The van der Waals surface area contributed by atoms with E-state index in [0.717, 1.165) is 17.7 Å². The molecule has 0 spiro atoms. The van der Waals surface area contributed by atoms with Gasteiger partial charge in [-0.1, -0.05) is 18.2 Å². The molecule has 0 unspecified atom stereocenters. The van der Waals surface area contributed by atoms with Gasteiger partial charge >= 0.3 is 0 Å². The zero-order chi connectivity index (χ0) is 13.0. The minimum absolute atomic E-state index is 0.295. The van der Waals surface area contributed by atoms with Crippen LogP contribution in [0.15, 0.2) is 30.4 Å². The molecule has 0 fully saturated rings. The molecule has 0 saturated carbocycles. The number of halogens is 2. The van der Waals surface area contributed by atoms with Gasteiger partial charge in [-0.3, -0.25) is 4.79 Å². The first-order valence-corrected chi connectivity index (χ1v) is 5.35. The number of likely N-dealkylation sites (N-methyl/N-ethyl adjacent to an activating group) is 1. The van der Waals surface area contributed by atoms with E-state index in [4.69, 9.17) is 0 Å². The van der Waals surface area contributed by atoms with Gasteiger partial charge in [0.2, 0.25) is 0 Å². The lowest BCUT2D eigenvalue weighted by Crippen LogP contribution is -2.33. The van der Waals surface area contributed by atoms with Crippen LogP contribution < -0.4 is 0 Å². The summed E-state index contributed by atoms with van der Waals surface area (Å²) in [5.74, 6) is -2.32. The number of amides is 1. The van der Waals surface area contributed by atoms with E-state index in [0.29, 0.717) is 13.1 Å². The predicted molar refractivity (Wildman–Crippen MR) is 62.7 cm³/mol. The summed E-state index contributed by atoms with van der Waals surface area (Å²) in [7, 11) is 0. The SMILES string of the molecule is C=C(C)CN(CC)C(=O)c1c(F)cccc1F. The minimum atomic E-state index is -0.838. The first-order valence-electron chi connectivity index (χ1n) is 5.35. The van der Waals surface area contributed by atoms with E-state index in [-0.39, 0.29) is 0 Å². The van der Waals surface area contributed by atoms with Crippen molar-refractivity contribution in [2.75, 3.05) is 13.1 Å². The van der Waals surface area contributed by atoms with Crippen LogP contribution in [0.25, 0.3) is 0 Å². The molecular weight excluding hydrogens is 224 g/mol. The van der Waals surface area contributed by atoms with Crippen molar-refractivity contribution in [3.8, 4) is 0 Å². The van der Waals surface area contributed by atoms with Crippen LogP contribution >= 0.6 is 0 Å². The quantitative estimate of drug-likeness (QED) is 0.740. The molecule has 1 amide bonds. The molecule has 0 bridgehead atoms. The average molecular weight is 239 g/mol. The molecule has 17 heavy (non-hydrogen) atoms. The molecule has 0 aromatic heterocycles. The van der Waals surface area contributed by atoms with Gasteiger partial charge < -0.3 is 4.90 Å². The highest BCUT2D eigenvalue weighted by molar-refractivity contribution is 5.94. The average Bonchev–Trinajstić information content (AvgIpc) is 2.25. The molecule has 1 aromatic carbocycles. The Kier molecular flexibility index (Phi) is 4.37. The fraction of sp³-hybridized carbons (Fsp3) is 0.308. The summed E-state index contributed by atoms with van der Waals surface area (Å²) in [6.07, 6.45) is 0. The zero-order valence-corrected chi connectivity index (χ0v) is 9.96. The maximum Gasteiger partial charge on any atom is 0.260 e. The van der Waals surface area contributed by atoms with Crippen LogP contribution in [0.5, 0.6) is 0 Å². The topological polar surface area (TPSA) is 20.3 Å². The van der Waals surface area contributed by atoms with Crippen LogP contribution in [-0.4, -0.2) is 23.9 Å². The van der Waals surface area contributed by atoms with Crippen molar-refractivity contribution in [1.82, 2.24) is 4.90 Å². The number of benzene rings is 1. The summed E-state index contributed by atoms with van der Waals surface area (Å²) in [5, 5.41) is 0. The molecule has 0 atom stereocenters. The van der Waals surface area contributed by atoms with Crippen LogP contribution in [0.3, 0.4) is 0 Å². The lowest BCUT2D eigenvalue weighted by atomic mass is 10.1. The third kappa shape index (κ3) is 3.12. The number of carbonyl (C=O) groups is 1. The molecule has 0 radical (unpaired) electrons. The fourth-order valence-electron chi connectivity index (χ4n) is 1.51. The molecular formula is C13H15F2NO. The van der Waals surface area contributed by atoms with Crippen molar-refractivity contribution < 1.29 is 13.6 Å². The van der Waals surface area contributed by atoms with Gasteiger partial charge in [-0.15, -0.1) is 0 Å². The van der Waals surface area contributed by atoms with Crippen LogP contribution in [-0.2, 0) is 0 Å². The molecule has 0 N–H and O–H groups in total. The smallest absolute Gasteiger partial charge is 0.260 e. The van der Waals surface area contributed by atoms with Crippen molar-refractivity contribution in [2.45, 2.75) is 13.8 Å². The fourth-order valence-corrected chi connectivity index (χ4v) is 1.51. The van der Waals surface area contributed by atoms with E-state index >= 15 is 0 Å². The molecule has 0 aliphatic carbocycles. The Hall–Kier alpha value is -1.71. The molecule has 2 nitrogen and oxygen atoms in total. The number of rotatable bonds is 4. The van der Waals surface area contributed by atoms with E-state index < -0.39 is 23.1 Å². The van der Waals surface area contributed by atoms with Crippen molar-refractivity contribution in [1.29, 1.82) is 0 Å². The third-order valence-corrected chi connectivity index (χ3v) is 2.31. The molecule has 0 aliphatic heterocycles. The van der Waals surface area contributed by atoms with Gasteiger partial charge in [-0.05, 0) is 26.0 Å². The highest BCUT2D eigenvalue weighted by Gasteiger charge is 2.21. The summed E-state index contributed by atoms with van der Waals surface area (Å²) < 4.78 is 26.9. The van der Waals surface area contributed by atoms with Crippen molar-refractivity contribution in [3.05, 3.63) is 47.5 Å². The second-order valence-corrected chi connectivity index (χ2v) is 3.87.